The molecule has 124 valence electrons. The minimum absolute atomic E-state index is 0.0390. The Morgan fingerprint density at radius 2 is 2.17 bits per heavy atom. The average Bonchev–Trinajstić information content (AvgIpc) is 2.84. The van der Waals surface area contributed by atoms with Gasteiger partial charge in [0.15, 0.2) is 0 Å². The van der Waals surface area contributed by atoms with Crippen LogP contribution < -0.4 is 0 Å². The van der Waals surface area contributed by atoms with E-state index in [0.29, 0.717) is 25.1 Å². The van der Waals surface area contributed by atoms with E-state index in [-0.39, 0.29) is 17.6 Å². The van der Waals surface area contributed by atoms with Crippen LogP contribution in [0.1, 0.15) is 12.0 Å². The number of likely N-dealkylation sites (tertiary alicyclic amines) is 1. The van der Waals surface area contributed by atoms with Gasteiger partial charge in [0.25, 0.3) is 5.69 Å². The van der Waals surface area contributed by atoms with Gasteiger partial charge in [-0.1, -0.05) is 12.1 Å². The highest BCUT2D eigenvalue weighted by atomic mass is 16.6. The number of carbonyl (C=O) groups excluding carboxylic acids is 1. The van der Waals surface area contributed by atoms with Crippen LogP contribution in [0.15, 0.2) is 30.3 Å². The first kappa shape index (κ1) is 17.1. The minimum Gasteiger partial charge on any atom is -0.391 e. The first-order chi connectivity index (χ1) is 10.9. The second kappa shape index (κ2) is 7.34. The van der Waals surface area contributed by atoms with E-state index < -0.39 is 11.0 Å². The molecule has 1 aromatic carbocycles. The fourth-order valence-electron chi connectivity index (χ4n) is 2.81. The maximum Gasteiger partial charge on any atom is 0.276 e. The Morgan fingerprint density at radius 3 is 2.83 bits per heavy atom. The van der Waals surface area contributed by atoms with Crippen molar-refractivity contribution in [2.24, 2.45) is 0 Å². The summed E-state index contributed by atoms with van der Waals surface area (Å²) >= 11 is 0. The second-order valence-corrected chi connectivity index (χ2v) is 5.95. The van der Waals surface area contributed by atoms with Crippen molar-refractivity contribution in [3.63, 3.8) is 0 Å². The van der Waals surface area contributed by atoms with E-state index in [1.807, 2.05) is 19.0 Å². The molecule has 2 atom stereocenters. The molecule has 7 heteroatoms. The molecule has 1 aromatic rings. The Bertz CT molecular complexity index is 615. The van der Waals surface area contributed by atoms with Gasteiger partial charge in [0.1, 0.15) is 0 Å². The summed E-state index contributed by atoms with van der Waals surface area (Å²) in [6.45, 7) is 0.959. The van der Waals surface area contributed by atoms with Crippen LogP contribution >= 0.6 is 0 Å². The van der Waals surface area contributed by atoms with Gasteiger partial charge in [-0.3, -0.25) is 14.9 Å². The topological polar surface area (TPSA) is 86.9 Å². The van der Waals surface area contributed by atoms with Gasteiger partial charge in [-0.05, 0) is 32.7 Å². The zero-order valence-electron chi connectivity index (χ0n) is 13.3. The third-order valence-electron chi connectivity index (χ3n) is 3.79. The van der Waals surface area contributed by atoms with Crippen molar-refractivity contribution < 1.29 is 14.8 Å². The van der Waals surface area contributed by atoms with Gasteiger partial charge in [-0.2, -0.15) is 0 Å². The SMILES string of the molecule is CN(C)C[C@H]1C[C@@H](O)CN1C(=O)/C=C/c1ccccc1[N+](=O)[O-]. The number of aliphatic hydroxyl groups excluding tert-OH is 1. The highest BCUT2D eigenvalue weighted by Gasteiger charge is 2.33. The Kier molecular flexibility index (Phi) is 5.46. The molecular weight excluding hydrogens is 298 g/mol. The molecular formula is C16H21N3O4. The summed E-state index contributed by atoms with van der Waals surface area (Å²) in [5.74, 6) is -0.244. The second-order valence-electron chi connectivity index (χ2n) is 5.95. The molecule has 1 N–H and O–H groups in total. The quantitative estimate of drug-likeness (QED) is 0.499. The molecule has 0 saturated carbocycles. The monoisotopic (exact) mass is 319 g/mol. The molecule has 1 aliphatic heterocycles. The zero-order chi connectivity index (χ0) is 17.0. The summed E-state index contributed by atoms with van der Waals surface area (Å²) in [5.41, 5.74) is 0.345. The number of para-hydroxylation sites is 1. The first-order valence-corrected chi connectivity index (χ1v) is 7.43. The van der Waals surface area contributed by atoms with Crippen molar-refractivity contribution in [1.29, 1.82) is 0 Å². The van der Waals surface area contributed by atoms with E-state index in [0.717, 1.165) is 0 Å². The van der Waals surface area contributed by atoms with E-state index in [9.17, 15) is 20.0 Å². The summed E-state index contributed by atoms with van der Waals surface area (Å²) in [7, 11) is 3.83. The fraction of sp³-hybridized carbons (Fsp3) is 0.438. The number of nitro benzene ring substituents is 1. The predicted molar refractivity (Wildman–Crippen MR) is 86.8 cm³/mol. The van der Waals surface area contributed by atoms with Gasteiger partial charge in [0.05, 0.1) is 16.6 Å². The number of nitrogens with zero attached hydrogens (tertiary/aromatic N) is 3. The van der Waals surface area contributed by atoms with Crippen molar-refractivity contribution >= 4 is 17.7 Å². The van der Waals surface area contributed by atoms with Gasteiger partial charge in [-0.25, -0.2) is 0 Å². The maximum absolute atomic E-state index is 12.4. The molecule has 0 aliphatic carbocycles. The molecule has 23 heavy (non-hydrogen) atoms. The Morgan fingerprint density at radius 1 is 1.48 bits per heavy atom. The Balaban J connectivity index is 2.13. The van der Waals surface area contributed by atoms with Crippen LogP contribution in [-0.2, 0) is 4.79 Å². The van der Waals surface area contributed by atoms with Crippen LogP contribution in [0.25, 0.3) is 6.08 Å². The Labute approximate surface area is 135 Å². The average molecular weight is 319 g/mol. The number of amides is 1. The number of carbonyl (C=O) groups is 1. The number of hydrogen-bond donors (Lipinski definition) is 1. The summed E-state index contributed by atoms with van der Waals surface area (Å²) in [5, 5.41) is 20.8. The Hall–Kier alpha value is -2.25. The van der Waals surface area contributed by atoms with Crippen molar-refractivity contribution in [2.75, 3.05) is 27.2 Å². The van der Waals surface area contributed by atoms with E-state index in [1.165, 1.54) is 18.2 Å². The number of benzene rings is 1. The summed E-state index contributed by atoms with van der Waals surface area (Å²) < 4.78 is 0. The molecule has 0 radical (unpaired) electrons. The lowest BCUT2D eigenvalue weighted by Gasteiger charge is -2.25. The lowest BCUT2D eigenvalue weighted by atomic mass is 10.1. The molecule has 0 bridgehead atoms. The molecule has 2 rings (SSSR count). The first-order valence-electron chi connectivity index (χ1n) is 7.43. The molecule has 0 aromatic heterocycles. The standard InChI is InChI=1S/C16H21N3O4/c1-17(2)10-13-9-14(20)11-18(13)16(21)8-7-12-5-3-4-6-15(12)19(22)23/h3-8,13-14,20H,9-11H2,1-2H3/b8-7+/t13-,14-/m1/s1. The molecule has 1 saturated heterocycles. The minimum atomic E-state index is -0.525. The number of likely N-dealkylation sites (N-methyl/N-ethyl adjacent to an activating group) is 1. The van der Waals surface area contributed by atoms with Gasteiger partial charge >= 0.3 is 0 Å². The van der Waals surface area contributed by atoms with Crippen LogP contribution in [0.2, 0.25) is 0 Å². The highest BCUT2D eigenvalue weighted by Crippen LogP contribution is 2.21. The van der Waals surface area contributed by atoms with E-state index in [1.54, 1.807) is 23.1 Å². The maximum atomic E-state index is 12.4. The van der Waals surface area contributed by atoms with Crippen LogP contribution in [0, 0.1) is 10.1 Å². The van der Waals surface area contributed by atoms with E-state index in [4.69, 9.17) is 0 Å². The summed E-state index contributed by atoms with van der Waals surface area (Å²) in [6.07, 6.45) is 2.81. The number of nitro groups is 1. The molecule has 1 heterocycles. The van der Waals surface area contributed by atoms with Crippen molar-refractivity contribution in [1.82, 2.24) is 9.80 Å². The van der Waals surface area contributed by atoms with E-state index >= 15 is 0 Å². The van der Waals surface area contributed by atoms with Gasteiger partial charge in [0.2, 0.25) is 5.91 Å². The van der Waals surface area contributed by atoms with Crippen molar-refractivity contribution in [3.05, 3.63) is 46.0 Å². The molecule has 1 aliphatic rings. The largest absolute Gasteiger partial charge is 0.391 e. The smallest absolute Gasteiger partial charge is 0.276 e. The van der Waals surface area contributed by atoms with Crippen molar-refractivity contribution in [2.45, 2.75) is 18.6 Å². The van der Waals surface area contributed by atoms with Gasteiger partial charge in [-0.15, -0.1) is 0 Å². The lowest BCUT2D eigenvalue weighted by Crippen LogP contribution is -2.40. The number of hydrogen-bond acceptors (Lipinski definition) is 5. The van der Waals surface area contributed by atoms with Gasteiger partial charge in [0, 0.05) is 31.3 Å². The normalized spacial score (nSPS) is 21.3. The number of rotatable bonds is 5. The molecule has 1 fully saturated rings. The van der Waals surface area contributed by atoms with Crippen LogP contribution in [0.3, 0.4) is 0 Å². The van der Waals surface area contributed by atoms with Crippen LogP contribution in [0.4, 0.5) is 5.69 Å². The summed E-state index contributed by atoms with van der Waals surface area (Å²) in [4.78, 5) is 26.5. The molecule has 0 unspecified atom stereocenters. The zero-order valence-corrected chi connectivity index (χ0v) is 13.3. The third kappa shape index (κ3) is 4.37. The van der Waals surface area contributed by atoms with Crippen molar-refractivity contribution in [3.8, 4) is 0 Å². The summed E-state index contributed by atoms with van der Waals surface area (Å²) in [6, 6.07) is 6.21. The number of β-amino-alcohol motifs (C(OH)–C–C–N with tert-alkyl or cyclic N) is 1. The van der Waals surface area contributed by atoms with Gasteiger partial charge < -0.3 is 14.9 Å². The number of aliphatic hydroxyl groups is 1. The highest BCUT2D eigenvalue weighted by molar-refractivity contribution is 5.92. The molecule has 7 nitrogen and oxygen atoms in total. The lowest BCUT2D eigenvalue weighted by molar-refractivity contribution is -0.385. The predicted octanol–water partition coefficient (Wildman–Crippen LogP) is 1.13. The van der Waals surface area contributed by atoms with E-state index in [2.05, 4.69) is 0 Å². The van der Waals surface area contributed by atoms with Crippen LogP contribution in [-0.4, -0.2) is 65.1 Å². The molecule has 0 spiro atoms. The van der Waals surface area contributed by atoms with Crippen LogP contribution in [0.5, 0.6) is 0 Å². The molecule has 1 amide bonds. The fourth-order valence-corrected chi connectivity index (χ4v) is 2.81. The third-order valence-corrected chi connectivity index (χ3v) is 3.79.